The minimum atomic E-state index is 0.369. The van der Waals surface area contributed by atoms with E-state index < -0.39 is 0 Å². The molecule has 0 aliphatic carbocycles. The van der Waals surface area contributed by atoms with E-state index in [1.54, 1.807) is 0 Å². The summed E-state index contributed by atoms with van der Waals surface area (Å²) in [4.78, 5) is 2.41. The molecule has 1 aliphatic heterocycles. The highest BCUT2D eigenvalue weighted by Crippen LogP contribution is 2.16. The van der Waals surface area contributed by atoms with Gasteiger partial charge in [-0.3, -0.25) is 4.90 Å². The Hall–Kier alpha value is -0.0800. The molecule has 0 saturated carbocycles. The van der Waals surface area contributed by atoms with Gasteiger partial charge in [0.15, 0.2) is 0 Å². The van der Waals surface area contributed by atoms with Gasteiger partial charge in [-0.15, -0.1) is 0 Å². The Labute approximate surface area is 69.5 Å². The summed E-state index contributed by atoms with van der Waals surface area (Å²) in [6, 6.07) is 0. The van der Waals surface area contributed by atoms with Crippen molar-refractivity contribution in [1.29, 1.82) is 0 Å². The van der Waals surface area contributed by atoms with Crippen LogP contribution in [0.3, 0.4) is 0 Å². The lowest BCUT2D eigenvalue weighted by molar-refractivity contribution is -0.116. The van der Waals surface area contributed by atoms with E-state index in [-0.39, 0.29) is 0 Å². The number of ether oxygens (including phenoxy) is 1. The SMILES string of the molecule is CCN1CCCOC1C(C)C. The highest BCUT2D eigenvalue weighted by molar-refractivity contribution is 4.69. The summed E-state index contributed by atoms with van der Waals surface area (Å²) < 4.78 is 5.67. The molecule has 1 heterocycles. The quantitative estimate of drug-likeness (QED) is 0.605. The Bertz CT molecular complexity index is 114. The lowest BCUT2D eigenvalue weighted by Gasteiger charge is -2.37. The van der Waals surface area contributed by atoms with Crippen molar-refractivity contribution in [3.05, 3.63) is 0 Å². The fraction of sp³-hybridized carbons (Fsp3) is 1.00. The first-order chi connectivity index (χ1) is 5.25. The second-order valence-electron chi connectivity index (χ2n) is 3.49. The van der Waals surface area contributed by atoms with Crippen LogP contribution in [0.4, 0.5) is 0 Å². The number of hydrogen-bond donors (Lipinski definition) is 0. The van der Waals surface area contributed by atoms with Gasteiger partial charge in [0.2, 0.25) is 0 Å². The van der Waals surface area contributed by atoms with Gasteiger partial charge in [0, 0.05) is 13.2 Å². The third-order valence-corrected chi connectivity index (χ3v) is 2.21. The molecule has 11 heavy (non-hydrogen) atoms. The topological polar surface area (TPSA) is 12.5 Å². The average Bonchev–Trinajstić information content (AvgIpc) is 2.04. The Morgan fingerprint density at radius 1 is 1.55 bits per heavy atom. The molecule has 0 N–H and O–H groups in total. The number of hydrogen-bond acceptors (Lipinski definition) is 2. The van der Waals surface area contributed by atoms with Crippen LogP contribution >= 0.6 is 0 Å². The first-order valence-corrected chi connectivity index (χ1v) is 4.61. The maximum atomic E-state index is 5.67. The van der Waals surface area contributed by atoms with Gasteiger partial charge in [0.1, 0.15) is 6.23 Å². The zero-order valence-electron chi connectivity index (χ0n) is 7.84. The van der Waals surface area contributed by atoms with E-state index in [0.717, 1.165) is 13.2 Å². The number of nitrogens with zero attached hydrogens (tertiary/aromatic N) is 1. The Morgan fingerprint density at radius 3 is 2.73 bits per heavy atom. The fourth-order valence-electron chi connectivity index (χ4n) is 1.66. The van der Waals surface area contributed by atoms with Gasteiger partial charge in [-0.25, -0.2) is 0 Å². The maximum absolute atomic E-state index is 5.67. The summed E-state index contributed by atoms with van der Waals surface area (Å²) in [6.07, 6.45) is 1.56. The van der Waals surface area contributed by atoms with Crippen LogP contribution < -0.4 is 0 Å². The van der Waals surface area contributed by atoms with Crippen LogP contribution in [0.2, 0.25) is 0 Å². The fourth-order valence-corrected chi connectivity index (χ4v) is 1.66. The van der Waals surface area contributed by atoms with Crippen molar-refractivity contribution in [2.45, 2.75) is 33.4 Å². The van der Waals surface area contributed by atoms with Crippen LogP contribution in [0.15, 0.2) is 0 Å². The van der Waals surface area contributed by atoms with Crippen molar-refractivity contribution in [3.8, 4) is 0 Å². The molecule has 1 saturated heterocycles. The highest BCUT2D eigenvalue weighted by atomic mass is 16.5. The highest BCUT2D eigenvalue weighted by Gasteiger charge is 2.23. The molecular weight excluding hydrogens is 138 g/mol. The van der Waals surface area contributed by atoms with Gasteiger partial charge in [-0.2, -0.15) is 0 Å². The van der Waals surface area contributed by atoms with Gasteiger partial charge in [-0.1, -0.05) is 20.8 Å². The molecule has 0 aromatic carbocycles. The van der Waals surface area contributed by atoms with E-state index in [9.17, 15) is 0 Å². The van der Waals surface area contributed by atoms with E-state index in [4.69, 9.17) is 4.74 Å². The van der Waals surface area contributed by atoms with Gasteiger partial charge >= 0.3 is 0 Å². The summed E-state index contributed by atoms with van der Waals surface area (Å²) >= 11 is 0. The molecule has 0 aromatic rings. The molecule has 1 rings (SSSR count). The van der Waals surface area contributed by atoms with E-state index >= 15 is 0 Å². The lowest BCUT2D eigenvalue weighted by atomic mass is 10.1. The molecule has 2 heteroatoms. The monoisotopic (exact) mass is 157 g/mol. The molecule has 1 aliphatic rings. The van der Waals surface area contributed by atoms with E-state index in [1.165, 1.54) is 13.0 Å². The Kier molecular flexibility index (Phi) is 3.34. The van der Waals surface area contributed by atoms with Crippen LogP contribution in [0.1, 0.15) is 27.2 Å². The second kappa shape index (κ2) is 4.07. The zero-order chi connectivity index (χ0) is 8.27. The van der Waals surface area contributed by atoms with Crippen molar-refractivity contribution in [1.82, 2.24) is 4.90 Å². The third-order valence-electron chi connectivity index (χ3n) is 2.21. The van der Waals surface area contributed by atoms with Gasteiger partial charge in [0.25, 0.3) is 0 Å². The van der Waals surface area contributed by atoms with E-state index in [2.05, 4.69) is 25.7 Å². The van der Waals surface area contributed by atoms with Gasteiger partial charge in [-0.05, 0) is 18.9 Å². The van der Waals surface area contributed by atoms with Crippen LogP contribution in [-0.2, 0) is 4.74 Å². The molecule has 0 spiro atoms. The predicted octanol–water partition coefficient (Wildman–Crippen LogP) is 1.71. The van der Waals surface area contributed by atoms with Crippen LogP contribution in [0.25, 0.3) is 0 Å². The first-order valence-electron chi connectivity index (χ1n) is 4.61. The molecule has 0 amide bonds. The largest absolute Gasteiger partial charge is 0.363 e. The maximum Gasteiger partial charge on any atom is 0.112 e. The molecule has 1 unspecified atom stereocenters. The van der Waals surface area contributed by atoms with Crippen molar-refractivity contribution >= 4 is 0 Å². The minimum absolute atomic E-state index is 0.369. The summed E-state index contributed by atoms with van der Waals surface area (Å²) in [5.74, 6) is 0.621. The first kappa shape index (κ1) is 9.01. The van der Waals surface area contributed by atoms with Crippen LogP contribution in [0, 0.1) is 5.92 Å². The molecule has 66 valence electrons. The number of rotatable bonds is 2. The van der Waals surface area contributed by atoms with Crippen molar-refractivity contribution < 1.29 is 4.74 Å². The second-order valence-corrected chi connectivity index (χ2v) is 3.49. The molecule has 0 radical (unpaired) electrons. The standard InChI is InChI=1S/C9H19NO/c1-4-10-6-5-7-11-9(10)8(2)3/h8-9H,4-7H2,1-3H3. The van der Waals surface area contributed by atoms with Crippen molar-refractivity contribution in [2.75, 3.05) is 19.7 Å². The van der Waals surface area contributed by atoms with Crippen molar-refractivity contribution in [3.63, 3.8) is 0 Å². The summed E-state index contributed by atoms with van der Waals surface area (Å²) in [5, 5.41) is 0. The van der Waals surface area contributed by atoms with Crippen molar-refractivity contribution in [2.24, 2.45) is 5.92 Å². The third kappa shape index (κ3) is 2.17. The van der Waals surface area contributed by atoms with Crippen LogP contribution in [0.5, 0.6) is 0 Å². The van der Waals surface area contributed by atoms with Gasteiger partial charge < -0.3 is 4.74 Å². The normalized spacial score (nSPS) is 27.8. The molecule has 1 atom stereocenters. The van der Waals surface area contributed by atoms with Gasteiger partial charge in [0.05, 0.1) is 0 Å². The Morgan fingerprint density at radius 2 is 2.27 bits per heavy atom. The lowest BCUT2D eigenvalue weighted by Crippen LogP contribution is -2.45. The minimum Gasteiger partial charge on any atom is -0.363 e. The molecule has 0 bridgehead atoms. The molecule has 1 fully saturated rings. The van der Waals surface area contributed by atoms with E-state index in [1.807, 2.05) is 0 Å². The summed E-state index contributed by atoms with van der Waals surface area (Å²) in [5.41, 5.74) is 0. The van der Waals surface area contributed by atoms with Crippen LogP contribution in [-0.4, -0.2) is 30.8 Å². The average molecular weight is 157 g/mol. The predicted molar refractivity (Wildman–Crippen MR) is 46.4 cm³/mol. The Balaban J connectivity index is 2.44. The zero-order valence-corrected chi connectivity index (χ0v) is 7.84. The van der Waals surface area contributed by atoms with E-state index in [0.29, 0.717) is 12.1 Å². The molecule has 2 nitrogen and oxygen atoms in total. The smallest absolute Gasteiger partial charge is 0.112 e. The summed E-state index contributed by atoms with van der Waals surface area (Å²) in [7, 11) is 0. The summed E-state index contributed by atoms with van der Waals surface area (Å²) in [6.45, 7) is 9.91. The molecular formula is C9H19NO. The molecule has 0 aromatic heterocycles.